The summed E-state index contributed by atoms with van der Waals surface area (Å²) >= 11 is 0. The number of anilines is 2. The molecule has 0 atom stereocenters. The van der Waals surface area contributed by atoms with E-state index in [9.17, 15) is 4.79 Å². The third kappa shape index (κ3) is 4.70. The maximum absolute atomic E-state index is 11.8. The number of aromatic nitrogens is 1. The maximum Gasteiger partial charge on any atom is 0.340 e. The minimum Gasteiger partial charge on any atom is -0.462 e. The van der Waals surface area contributed by atoms with Gasteiger partial charge in [-0.2, -0.15) is 0 Å². The van der Waals surface area contributed by atoms with Gasteiger partial charge in [0.25, 0.3) is 0 Å². The first-order chi connectivity index (χ1) is 9.60. The van der Waals surface area contributed by atoms with Crippen LogP contribution in [0.1, 0.15) is 36.5 Å². The number of nitrogen functional groups attached to an aromatic ring is 1. The van der Waals surface area contributed by atoms with Crippen LogP contribution >= 0.6 is 0 Å². The second kappa shape index (κ2) is 8.37. The van der Waals surface area contributed by atoms with E-state index in [4.69, 9.17) is 15.6 Å². The topological polar surface area (TPSA) is 88.7 Å². The van der Waals surface area contributed by atoms with E-state index in [-0.39, 0.29) is 6.61 Å². The summed E-state index contributed by atoms with van der Waals surface area (Å²) in [6.07, 6.45) is 4.20. The van der Waals surface area contributed by atoms with E-state index in [1.807, 2.05) is 11.9 Å². The van der Waals surface area contributed by atoms with Crippen molar-refractivity contribution in [1.29, 1.82) is 0 Å². The minimum absolute atomic E-state index is 0.219. The molecule has 1 heterocycles. The van der Waals surface area contributed by atoms with Gasteiger partial charge in [0.05, 0.1) is 24.1 Å². The molecule has 20 heavy (non-hydrogen) atoms. The summed E-state index contributed by atoms with van der Waals surface area (Å²) in [4.78, 5) is 17.9. The molecule has 6 heteroatoms. The average Bonchev–Trinajstić information content (AvgIpc) is 2.44. The monoisotopic (exact) mass is 281 g/mol. The van der Waals surface area contributed by atoms with Gasteiger partial charge in [0.1, 0.15) is 5.82 Å². The molecule has 1 aromatic rings. The average molecular weight is 281 g/mol. The van der Waals surface area contributed by atoms with E-state index in [2.05, 4.69) is 4.98 Å². The third-order valence-electron chi connectivity index (χ3n) is 2.96. The number of unbranched alkanes of at least 4 members (excludes halogenated alkanes) is 2. The Morgan fingerprint density at radius 1 is 1.45 bits per heavy atom. The van der Waals surface area contributed by atoms with E-state index >= 15 is 0 Å². The highest BCUT2D eigenvalue weighted by Gasteiger charge is 2.14. The number of esters is 1. The summed E-state index contributed by atoms with van der Waals surface area (Å²) in [5.41, 5.74) is 6.42. The van der Waals surface area contributed by atoms with Crippen molar-refractivity contribution >= 4 is 17.5 Å². The maximum atomic E-state index is 11.8. The first-order valence-corrected chi connectivity index (χ1v) is 6.84. The van der Waals surface area contributed by atoms with Crippen molar-refractivity contribution < 1.29 is 14.6 Å². The molecule has 0 aromatic carbocycles. The van der Waals surface area contributed by atoms with Crippen LogP contribution in [0.15, 0.2) is 12.3 Å². The molecule has 6 nitrogen and oxygen atoms in total. The van der Waals surface area contributed by atoms with Crippen molar-refractivity contribution in [3.63, 3.8) is 0 Å². The van der Waals surface area contributed by atoms with Gasteiger partial charge >= 0.3 is 5.97 Å². The van der Waals surface area contributed by atoms with Crippen molar-refractivity contribution in [1.82, 2.24) is 4.98 Å². The number of aliphatic hydroxyl groups excluding tert-OH is 1. The summed E-state index contributed by atoms with van der Waals surface area (Å²) in [6, 6.07) is 1.65. The number of nitrogens with zero attached hydrogens (tertiary/aromatic N) is 2. The molecule has 1 rings (SSSR count). The molecule has 0 amide bonds. The quantitative estimate of drug-likeness (QED) is 0.553. The van der Waals surface area contributed by atoms with Gasteiger partial charge in [0.15, 0.2) is 0 Å². The summed E-state index contributed by atoms with van der Waals surface area (Å²) in [6.45, 7) is 3.09. The lowest BCUT2D eigenvalue weighted by Crippen LogP contribution is -2.21. The molecule has 0 unspecified atom stereocenters. The van der Waals surface area contributed by atoms with Gasteiger partial charge in [-0.3, -0.25) is 0 Å². The Hall–Kier alpha value is -1.82. The SMILES string of the molecule is CCOC(=O)c1cc(N(C)CCCCCO)ncc1N. The molecule has 0 bridgehead atoms. The summed E-state index contributed by atoms with van der Waals surface area (Å²) in [5, 5.41) is 8.74. The highest BCUT2D eigenvalue weighted by atomic mass is 16.5. The number of aliphatic hydroxyl groups is 1. The fourth-order valence-electron chi connectivity index (χ4n) is 1.80. The van der Waals surface area contributed by atoms with Gasteiger partial charge in [0, 0.05) is 20.2 Å². The fraction of sp³-hybridized carbons (Fsp3) is 0.571. The van der Waals surface area contributed by atoms with Gasteiger partial charge < -0.3 is 20.5 Å². The van der Waals surface area contributed by atoms with Crippen LogP contribution in [0.5, 0.6) is 0 Å². The van der Waals surface area contributed by atoms with Gasteiger partial charge in [0.2, 0.25) is 0 Å². The van der Waals surface area contributed by atoms with Crippen LogP contribution < -0.4 is 10.6 Å². The number of ether oxygens (including phenoxy) is 1. The van der Waals surface area contributed by atoms with E-state index < -0.39 is 5.97 Å². The lowest BCUT2D eigenvalue weighted by Gasteiger charge is -2.19. The summed E-state index contributed by atoms with van der Waals surface area (Å²) < 4.78 is 4.96. The minimum atomic E-state index is -0.428. The molecular weight excluding hydrogens is 258 g/mol. The van der Waals surface area contributed by atoms with Crippen molar-refractivity contribution in [3.8, 4) is 0 Å². The van der Waals surface area contributed by atoms with Gasteiger partial charge in [-0.1, -0.05) is 0 Å². The largest absolute Gasteiger partial charge is 0.462 e. The standard InChI is InChI=1S/C14H23N3O3/c1-3-20-14(19)11-9-13(16-10-12(11)15)17(2)7-5-4-6-8-18/h9-10,18H,3-8,15H2,1-2H3. The molecule has 0 aliphatic heterocycles. The van der Waals surface area contributed by atoms with Crippen LogP contribution in [0, 0.1) is 0 Å². The molecular formula is C14H23N3O3. The van der Waals surface area contributed by atoms with E-state index in [0.717, 1.165) is 25.8 Å². The number of carbonyl (C=O) groups is 1. The van der Waals surface area contributed by atoms with E-state index in [1.54, 1.807) is 13.0 Å². The van der Waals surface area contributed by atoms with Crippen LogP contribution in [0.25, 0.3) is 0 Å². The Labute approximate surface area is 119 Å². The van der Waals surface area contributed by atoms with Crippen LogP contribution in [-0.4, -0.2) is 42.9 Å². The second-order valence-electron chi connectivity index (χ2n) is 4.56. The van der Waals surface area contributed by atoms with E-state index in [0.29, 0.717) is 23.7 Å². The summed E-state index contributed by atoms with van der Waals surface area (Å²) in [5.74, 6) is 0.258. The first kappa shape index (κ1) is 16.2. The smallest absolute Gasteiger partial charge is 0.340 e. The Kier molecular flexibility index (Phi) is 6.79. The zero-order valence-corrected chi connectivity index (χ0v) is 12.1. The predicted molar refractivity (Wildman–Crippen MR) is 78.8 cm³/mol. The van der Waals surface area contributed by atoms with Crippen LogP contribution in [0.2, 0.25) is 0 Å². The van der Waals surface area contributed by atoms with Crippen molar-refractivity contribution in [2.45, 2.75) is 26.2 Å². The number of nitrogens with two attached hydrogens (primary N) is 1. The Balaban J connectivity index is 2.70. The Morgan fingerprint density at radius 2 is 2.20 bits per heavy atom. The molecule has 0 radical (unpaired) electrons. The molecule has 0 aliphatic rings. The molecule has 112 valence electrons. The van der Waals surface area contributed by atoms with E-state index in [1.165, 1.54) is 6.20 Å². The lowest BCUT2D eigenvalue weighted by molar-refractivity contribution is 0.0527. The van der Waals surface area contributed by atoms with Crippen LogP contribution in [0.3, 0.4) is 0 Å². The molecule has 0 saturated heterocycles. The lowest BCUT2D eigenvalue weighted by atomic mass is 10.2. The van der Waals surface area contributed by atoms with Crippen molar-refractivity contribution in [2.24, 2.45) is 0 Å². The number of hydrogen-bond donors (Lipinski definition) is 2. The van der Waals surface area contributed by atoms with Crippen molar-refractivity contribution in [2.75, 3.05) is 37.4 Å². The highest BCUT2D eigenvalue weighted by Crippen LogP contribution is 2.18. The highest BCUT2D eigenvalue weighted by molar-refractivity contribution is 5.95. The van der Waals surface area contributed by atoms with Crippen LogP contribution in [0.4, 0.5) is 11.5 Å². The molecule has 0 fully saturated rings. The van der Waals surface area contributed by atoms with Gasteiger partial charge in [-0.05, 0) is 32.3 Å². The van der Waals surface area contributed by atoms with Gasteiger partial charge in [-0.25, -0.2) is 9.78 Å². The van der Waals surface area contributed by atoms with Crippen LogP contribution in [-0.2, 0) is 4.74 Å². The number of rotatable bonds is 8. The zero-order valence-electron chi connectivity index (χ0n) is 12.1. The second-order valence-corrected chi connectivity index (χ2v) is 4.56. The Morgan fingerprint density at radius 3 is 2.85 bits per heavy atom. The molecule has 1 aromatic heterocycles. The van der Waals surface area contributed by atoms with Crippen molar-refractivity contribution in [3.05, 3.63) is 17.8 Å². The fourth-order valence-corrected chi connectivity index (χ4v) is 1.80. The predicted octanol–water partition coefficient (Wildman–Crippen LogP) is 1.44. The number of carbonyl (C=O) groups excluding carboxylic acids is 1. The zero-order chi connectivity index (χ0) is 15.0. The molecule has 0 spiro atoms. The molecule has 0 aliphatic carbocycles. The summed E-state index contributed by atoms with van der Waals surface area (Å²) in [7, 11) is 1.91. The number of pyridine rings is 1. The first-order valence-electron chi connectivity index (χ1n) is 6.84. The molecule has 3 N–H and O–H groups in total. The molecule has 0 saturated carbocycles. The third-order valence-corrected chi connectivity index (χ3v) is 2.96. The normalized spacial score (nSPS) is 10.3. The Bertz CT molecular complexity index is 438. The number of hydrogen-bond acceptors (Lipinski definition) is 6. The van der Waals surface area contributed by atoms with Gasteiger partial charge in [-0.15, -0.1) is 0 Å².